The second-order valence-corrected chi connectivity index (χ2v) is 8.22. The Labute approximate surface area is 206 Å². The van der Waals surface area contributed by atoms with Gasteiger partial charge < -0.3 is 15.4 Å². The number of nitrogens with one attached hydrogen (secondary N) is 2. The zero-order valence-corrected chi connectivity index (χ0v) is 18.9. The first-order chi connectivity index (χ1) is 17.7. The highest BCUT2D eigenvalue weighted by atomic mass is 19.4. The lowest BCUT2D eigenvalue weighted by atomic mass is 9.92. The topological polar surface area (TPSA) is 115 Å². The van der Waals surface area contributed by atoms with E-state index < -0.39 is 54.3 Å². The first-order valence-corrected chi connectivity index (χ1v) is 10.9. The van der Waals surface area contributed by atoms with Crippen LogP contribution in [0, 0.1) is 0 Å². The maximum Gasteiger partial charge on any atom is 0.490 e. The van der Waals surface area contributed by atoms with Gasteiger partial charge in [-0.1, -0.05) is 6.42 Å². The van der Waals surface area contributed by atoms with Crippen molar-refractivity contribution in [1.29, 1.82) is 0 Å². The predicted octanol–water partition coefficient (Wildman–Crippen LogP) is 4.42. The number of fused-ring (bicyclic) bond motifs is 1. The lowest BCUT2D eigenvalue weighted by Crippen LogP contribution is -2.42. The molecule has 3 aromatic heterocycles. The number of esters is 1. The zero-order chi connectivity index (χ0) is 27.8. The Morgan fingerprint density at radius 3 is 2.47 bits per heavy atom. The Kier molecular flexibility index (Phi) is 7.16. The van der Waals surface area contributed by atoms with Crippen molar-refractivity contribution in [3.05, 3.63) is 35.9 Å². The monoisotopic (exact) mass is 555 g/mol. The van der Waals surface area contributed by atoms with E-state index in [9.17, 15) is 44.7 Å². The van der Waals surface area contributed by atoms with Gasteiger partial charge in [0.1, 0.15) is 17.5 Å². The summed E-state index contributed by atoms with van der Waals surface area (Å²) in [6.07, 6.45) is -7.18. The largest absolute Gasteiger partial charge is 0.490 e. The second-order valence-electron chi connectivity index (χ2n) is 8.22. The standard InChI is InChI=1S/C20H17F8N7O3/c21-18(22)35-8-11(14(33-35)19(23,24)25)31-16(36)9-7-29-34-6-5-13(32-15(9)34)30-10-3-1-2-4-12(10)38-17(37)20(26,27)28/h5-8,10,12,18H,1-4H2,(H,30,32)(H,31,36)/t10-,12+/m1/s1. The number of carbonyl (C=O) groups is 2. The van der Waals surface area contributed by atoms with Crippen molar-refractivity contribution in [3.63, 3.8) is 0 Å². The predicted molar refractivity (Wildman–Crippen MR) is 111 cm³/mol. The van der Waals surface area contributed by atoms with Gasteiger partial charge in [0, 0.05) is 6.20 Å². The smallest absolute Gasteiger partial charge is 0.454 e. The van der Waals surface area contributed by atoms with Crippen molar-refractivity contribution in [1.82, 2.24) is 24.4 Å². The van der Waals surface area contributed by atoms with Crippen molar-refractivity contribution in [2.45, 2.75) is 56.7 Å². The van der Waals surface area contributed by atoms with E-state index in [-0.39, 0.29) is 28.1 Å². The quantitative estimate of drug-likeness (QED) is 0.342. The van der Waals surface area contributed by atoms with Crippen LogP contribution in [0.3, 0.4) is 0 Å². The number of carbonyl (C=O) groups excluding carboxylic acids is 2. The molecule has 0 bridgehead atoms. The number of alkyl halides is 8. The lowest BCUT2D eigenvalue weighted by molar-refractivity contribution is -0.206. The van der Waals surface area contributed by atoms with E-state index in [1.807, 2.05) is 5.32 Å². The summed E-state index contributed by atoms with van der Waals surface area (Å²) in [6, 6.07) is 0.618. The van der Waals surface area contributed by atoms with Crippen molar-refractivity contribution < 1.29 is 49.4 Å². The Morgan fingerprint density at radius 1 is 1.11 bits per heavy atom. The summed E-state index contributed by atoms with van der Waals surface area (Å²) in [5.74, 6) is -3.45. The summed E-state index contributed by atoms with van der Waals surface area (Å²) in [5, 5.41) is 11.4. The summed E-state index contributed by atoms with van der Waals surface area (Å²) in [4.78, 5) is 28.2. The number of hydrogen-bond acceptors (Lipinski definition) is 7. The summed E-state index contributed by atoms with van der Waals surface area (Å²) in [6.45, 7) is -3.40. The molecule has 2 atom stereocenters. The highest BCUT2D eigenvalue weighted by Crippen LogP contribution is 2.35. The summed E-state index contributed by atoms with van der Waals surface area (Å²) < 4.78 is 109. The molecule has 0 saturated heterocycles. The van der Waals surface area contributed by atoms with Crippen LogP contribution in [0.25, 0.3) is 5.65 Å². The van der Waals surface area contributed by atoms with Crippen LogP contribution in [0.4, 0.5) is 46.6 Å². The van der Waals surface area contributed by atoms with Gasteiger partial charge in [0.2, 0.25) is 0 Å². The minimum atomic E-state index is -5.17. The van der Waals surface area contributed by atoms with Crippen molar-refractivity contribution in [3.8, 4) is 0 Å². The van der Waals surface area contributed by atoms with E-state index in [0.717, 1.165) is 10.7 Å². The van der Waals surface area contributed by atoms with Crippen LogP contribution in [-0.2, 0) is 15.7 Å². The van der Waals surface area contributed by atoms with Gasteiger partial charge in [-0.15, -0.1) is 0 Å². The average molecular weight is 555 g/mol. The molecule has 18 heteroatoms. The molecule has 206 valence electrons. The number of hydrogen-bond donors (Lipinski definition) is 2. The molecule has 0 aromatic carbocycles. The number of aromatic nitrogens is 5. The third kappa shape index (κ3) is 5.77. The molecule has 3 heterocycles. The SMILES string of the molecule is O=C(Nc1cn(C(F)F)nc1C(F)(F)F)c1cnn2ccc(N[C@@H]3CCCC[C@@H]3OC(=O)C(F)(F)F)nc12. The number of rotatable bonds is 6. The molecular weight excluding hydrogens is 538 g/mol. The molecule has 38 heavy (non-hydrogen) atoms. The Hall–Kier alpha value is -3.99. The fourth-order valence-electron chi connectivity index (χ4n) is 3.89. The average Bonchev–Trinajstić information content (AvgIpc) is 3.44. The first-order valence-electron chi connectivity index (χ1n) is 10.9. The molecule has 1 aliphatic rings. The van der Waals surface area contributed by atoms with E-state index in [4.69, 9.17) is 0 Å². The van der Waals surface area contributed by atoms with E-state index in [1.165, 1.54) is 12.3 Å². The van der Waals surface area contributed by atoms with Gasteiger partial charge in [-0.2, -0.15) is 45.3 Å². The van der Waals surface area contributed by atoms with Gasteiger partial charge in [0.25, 0.3) is 5.91 Å². The highest BCUT2D eigenvalue weighted by Gasteiger charge is 2.44. The van der Waals surface area contributed by atoms with E-state index in [0.29, 0.717) is 25.5 Å². The van der Waals surface area contributed by atoms with Crippen LogP contribution >= 0.6 is 0 Å². The third-order valence-corrected chi connectivity index (χ3v) is 5.59. The zero-order valence-electron chi connectivity index (χ0n) is 18.9. The van der Waals surface area contributed by atoms with E-state index in [1.54, 1.807) is 0 Å². The molecule has 2 N–H and O–H groups in total. The van der Waals surface area contributed by atoms with Crippen LogP contribution in [0.2, 0.25) is 0 Å². The maximum atomic E-state index is 13.2. The molecule has 1 fully saturated rings. The lowest BCUT2D eigenvalue weighted by Gasteiger charge is -2.32. The van der Waals surface area contributed by atoms with Gasteiger partial charge in [-0.3, -0.25) is 4.79 Å². The van der Waals surface area contributed by atoms with Gasteiger partial charge in [-0.05, 0) is 25.3 Å². The van der Waals surface area contributed by atoms with E-state index in [2.05, 4.69) is 25.2 Å². The van der Waals surface area contributed by atoms with Crippen LogP contribution in [0.5, 0.6) is 0 Å². The highest BCUT2D eigenvalue weighted by molar-refractivity contribution is 6.08. The maximum absolute atomic E-state index is 13.2. The number of halogens is 8. The molecule has 1 amide bonds. The molecule has 0 aliphatic heterocycles. The van der Waals surface area contributed by atoms with Crippen molar-refractivity contribution in [2.75, 3.05) is 10.6 Å². The van der Waals surface area contributed by atoms with Crippen LogP contribution < -0.4 is 10.6 Å². The van der Waals surface area contributed by atoms with Crippen LogP contribution in [0.15, 0.2) is 24.7 Å². The van der Waals surface area contributed by atoms with Gasteiger partial charge in [-0.25, -0.2) is 19.0 Å². The Bertz CT molecular complexity index is 1330. The third-order valence-electron chi connectivity index (χ3n) is 5.59. The van der Waals surface area contributed by atoms with Crippen LogP contribution in [-0.4, -0.2) is 54.6 Å². The number of anilines is 2. The van der Waals surface area contributed by atoms with Gasteiger partial charge in [0.15, 0.2) is 11.3 Å². The molecule has 0 unspecified atom stereocenters. The summed E-state index contributed by atoms with van der Waals surface area (Å²) in [5.41, 5.74) is -3.26. The molecule has 0 spiro atoms. The molecule has 3 aromatic rings. The minimum absolute atomic E-state index is 0.0495. The second kappa shape index (κ2) is 10.1. The first kappa shape index (κ1) is 27.1. The van der Waals surface area contributed by atoms with Gasteiger partial charge in [0.05, 0.1) is 24.1 Å². The fourth-order valence-corrected chi connectivity index (χ4v) is 3.89. The van der Waals surface area contributed by atoms with Crippen LogP contribution in [0.1, 0.15) is 48.3 Å². The minimum Gasteiger partial charge on any atom is -0.454 e. The van der Waals surface area contributed by atoms with Gasteiger partial charge >= 0.3 is 24.9 Å². The Morgan fingerprint density at radius 2 is 1.82 bits per heavy atom. The Balaban J connectivity index is 1.56. The summed E-state index contributed by atoms with van der Waals surface area (Å²) >= 11 is 0. The molecular formula is C20H17F8N7O3. The van der Waals surface area contributed by atoms with Crippen molar-refractivity contribution in [2.24, 2.45) is 0 Å². The number of amides is 1. The molecule has 4 rings (SSSR count). The molecule has 0 radical (unpaired) electrons. The molecule has 1 saturated carbocycles. The molecule has 10 nitrogen and oxygen atoms in total. The normalized spacial score (nSPS) is 18.6. The van der Waals surface area contributed by atoms with E-state index >= 15 is 0 Å². The molecule has 1 aliphatic carbocycles. The fraction of sp³-hybridized carbons (Fsp3) is 0.450. The number of ether oxygens (including phenoxy) is 1. The number of nitrogens with zero attached hydrogens (tertiary/aromatic N) is 5. The van der Waals surface area contributed by atoms with Crippen molar-refractivity contribution >= 4 is 29.0 Å². The summed E-state index contributed by atoms with van der Waals surface area (Å²) in [7, 11) is 0.